The second kappa shape index (κ2) is 7.11. The van der Waals surface area contributed by atoms with Crippen LogP contribution in [0.15, 0.2) is 87.7 Å². The van der Waals surface area contributed by atoms with Crippen molar-refractivity contribution < 1.29 is 8.74 Å². The fourth-order valence-electron chi connectivity index (χ4n) is 2.88. The lowest BCUT2D eigenvalue weighted by Gasteiger charge is -2.22. The number of allylic oxidation sites excluding steroid dienone is 1. The second-order valence-corrected chi connectivity index (χ2v) is 7.17. The van der Waals surface area contributed by atoms with Crippen LogP contribution in [0.4, 0.5) is 0 Å². The summed E-state index contributed by atoms with van der Waals surface area (Å²) in [7, 11) is 0. The van der Waals surface area contributed by atoms with E-state index >= 15 is 0 Å². The normalized spacial score (nSPS) is 20.9. The van der Waals surface area contributed by atoms with Crippen molar-refractivity contribution in [3.05, 3.63) is 88.9 Å². The predicted molar refractivity (Wildman–Crippen MR) is 108 cm³/mol. The molecule has 0 saturated carbocycles. The van der Waals surface area contributed by atoms with Crippen LogP contribution in [-0.4, -0.2) is 22.3 Å². The molecule has 2 aliphatic heterocycles. The number of hydrogen-bond donors (Lipinski definition) is 0. The molecule has 0 aromatic heterocycles. The van der Waals surface area contributed by atoms with Gasteiger partial charge in [0.15, 0.2) is 16.8 Å². The van der Waals surface area contributed by atoms with Crippen LogP contribution in [0, 0.1) is 0 Å². The van der Waals surface area contributed by atoms with Crippen LogP contribution in [-0.2, 0) is 6.61 Å². The third-order valence-corrected chi connectivity index (χ3v) is 5.32. The first-order chi connectivity index (χ1) is 12.7. The fraction of sp³-hybridized carbons (Fsp3) is 0.100. The van der Waals surface area contributed by atoms with Gasteiger partial charge in [0.2, 0.25) is 5.70 Å². The summed E-state index contributed by atoms with van der Waals surface area (Å²) in [5.74, 6) is 1.53. The minimum absolute atomic E-state index is 0.00180. The summed E-state index contributed by atoms with van der Waals surface area (Å²) < 4.78 is 5.95. The number of amidine groups is 1. The summed E-state index contributed by atoms with van der Waals surface area (Å²) >= 11 is 8.45. The molecule has 1 atom stereocenters. The average Bonchev–Trinajstić information content (AvgIpc) is 3.00. The Morgan fingerprint density at radius 2 is 1.96 bits per heavy atom. The van der Waals surface area contributed by atoms with Crippen molar-refractivity contribution in [3.8, 4) is 5.75 Å². The van der Waals surface area contributed by atoms with E-state index in [9.17, 15) is 0 Å². The van der Waals surface area contributed by atoms with Crippen molar-refractivity contribution in [2.24, 2.45) is 9.98 Å². The van der Waals surface area contributed by atoms with Crippen molar-refractivity contribution in [3.63, 3.8) is 0 Å². The first kappa shape index (κ1) is 17.1. The first-order valence-electron chi connectivity index (χ1n) is 8.15. The van der Waals surface area contributed by atoms with Gasteiger partial charge in [-0.25, -0.2) is 0 Å². The van der Waals surface area contributed by atoms with E-state index in [2.05, 4.69) is 4.99 Å². The third-order valence-electron chi connectivity index (χ3n) is 4.17. The SMILES string of the molecule is CSC1=C2C=NC=C[N+]2(Cl)C(c2cccc(OCc3ccccc3)c2)=N1. The number of aliphatic imine (C=N–C) groups is 2. The van der Waals surface area contributed by atoms with Gasteiger partial charge in [0.05, 0.1) is 18.0 Å². The average molecular weight is 383 g/mol. The Balaban J connectivity index is 1.61. The number of benzene rings is 2. The van der Waals surface area contributed by atoms with E-state index in [1.165, 1.54) is 0 Å². The zero-order valence-corrected chi connectivity index (χ0v) is 15.7. The van der Waals surface area contributed by atoms with Gasteiger partial charge < -0.3 is 4.74 Å². The molecule has 0 aliphatic carbocycles. The van der Waals surface area contributed by atoms with Crippen molar-refractivity contribution in [2.75, 3.05) is 6.26 Å². The van der Waals surface area contributed by atoms with Crippen LogP contribution < -0.4 is 4.74 Å². The number of fused-ring (bicyclic) bond motifs is 1. The van der Waals surface area contributed by atoms with Crippen LogP contribution in [0.25, 0.3) is 0 Å². The van der Waals surface area contributed by atoms with Crippen molar-refractivity contribution in [2.45, 2.75) is 6.61 Å². The van der Waals surface area contributed by atoms with E-state index in [-0.39, 0.29) is 4.00 Å². The Labute approximate surface area is 161 Å². The van der Waals surface area contributed by atoms with Crippen molar-refractivity contribution in [1.82, 2.24) is 0 Å². The fourth-order valence-corrected chi connectivity index (χ4v) is 3.83. The lowest BCUT2D eigenvalue weighted by atomic mass is 10.1. The minimum atomic E-state index is 0.00180. The zero-order valence-electron chi connectivity index (χ0n) is 14.2. The Hall–Kier alpha value is -2.34. The molecule has 2 aromatic rings. The molecule has 6 heteroatoms. The van der Waals surface area contributed by atoms with Gasteiger partial charge in [-0.15, -0.1) is 15.8 Å². The van der Waals surface area contributed by atoms with Gasteiger partial charge in [-0.1, -0.05) is 36.4 Å². The largest absolute Gasteiger partial charge is 0.489 e. The second-order valence-electron chi connectivity index (χ2n) is 5.84. The third kappa shape index (κ3) is 3.09. The van der Waals surface area contributed by atoms with Gasteiger partial charge in [-0.2, -0.15) is 4.99 Å². The molecule has 0 saturated heterocycles. The maximum Gasteiger partial charge on any atom is 0.264 e. The lowest BCUT2D eigenvalue weighted by molar-refractivity contribution is -0.599. The van der Waals surface area contributed by atoms with Gasteiger partial charge in [-0.05, 0) is 30.0 Å². The highest BCUT2D eigenvalue weighted by Crippen LogP contribution is 2.40. The quantitative estimate of drug-likeness (QED) is 0.675. The molecule has 4 rings (SSSR count). The highest BCUT2D eigenvalue weighted by Gasteiger charge is 2.46. The van der Waals surface area contributed by atoms with Crippen LogP contribution >= 0.6 is 23.5 Å². The summed E-state index contributed by atoms with van der Waals surface area (Å²) in [6, 6.07) is 18.0. The van der Waals surface area contributed by atoms with Crippen molar-refractivity contribution in [1.29, 1.82) is 0 Å². The Bertz CT molecular complexity index is 953. The molecule has 0 fully saturated rings. The molecule has 4 nitrogen and oxygen atoms in total. The molecule has 2 heterocycles. The molecule has 1 unspecified atom stereocenters. The maximum absolute atomic E-state index is 6.89. The van der Waals surface area contributed by atoms with E-state index in [1.807, 2.05) is 67.1 Å². The molecule has 2 aromatic carbocycles. The van der Waals surface area contributed by atoms with Gasteiger partial charge >= 0.3 is 0 Å². The van der Waals surface area contributed by atoms with Gasteiger partial charge in [-0.3, -0.25) is 4.99 Å². The zero-order chi connectivity index (χ0) is 18.0. The Morgan fingerprint density at radius 3 is 2.77 bits per heavy atom. The van der Waals surface area contributed by atoms with Crippen LogP contribution in [0.1, 0.15) is 11.1 Å². The van der Waals surface area contributed by atoms with E-state index in [1.54, 1.807) is 24.2 Å². The number of rotatable bonds is 5. The van der Waals surface area contributed by atoms with Crippen LogP contribution in [0.3, 0.4) is 0 Å². The number of hydrogen-bond acceptors (Lipinski definition) is 4. The molecule has 0 N–H and O–H groups in total. The van der Waals surface area contributed by atoms with E-state index in [0.29, 0.717) is 6.61 Å². The smallest absolute Gasteiger partial charge is 0.264 e. The summed E-state index contributed by atoms with van der Waals surface area (Å²) in [6.07, 6.45) is 7.29. The van der Waals surface area contributed by atoms with E-state index < -0.39 is 0 Å². The Kier molecular flexibility index (Phi) is 4.68. The monoisotopic (exact) mass is 382 g/mol. The van der Waals surface area contributed by atoms with E-state index in [0.717, 1.165) is 33.4 Å². The highest BCUT2D eigenvalue weighted by atomic mass is 35.5. The number of quaternary nitrogens is 1. The number of nitrogens with zero attached hydrogens (tertiary/aromatic N) is 3. The molecule has 0 spiro atoms. The van der Waals surface area contributed by atoms with Gasteiger partial charge in [0.1, 0.15) is 18.6 Å². The van der Waals surface area contributed by atoms with Gasteiger partial charge in [0.25, 0.3) is 5.84 Å². The van der Waals surface area contributed by atoms with Crippen molar-refractivity contribution >= 4 is 35.6 Å². The molecule has 0 radical (unpaired) electrons. The molecule has 26 heavy (non-hydrogen) atoms. The Morgan fingerprint density at radius 1 is 1.12 bits per heavy atom. The number of thioether (sulfide) groups is 1. The molecule has 2 aliphatic rings. The lowest BCUT2D eigenvalue weighted by Crippen LogP contribution is -2.37. The topological polar surface area (TPSA) is 34.0 Å². The minimum Gasteiger partial charge on any atom is -0.489 e. The standard InChI is InChI=1S/C20H17ClN3OS/c1-26-20-18-13-22-10-11-24(18,21)19(23-20)16-8-5-9-17(12-16)25-14-15-6-3-2-4-7-15/h2-13H,14H2,1H3/q+1. The predicted octanol–water partition coefficient (Wildman–Crippen LogP) is 5.08. The molecule has 130 valence electrons. The van der Waals surface area contributed by atoms with E-state index in [4.69, 9.17) is 21.5 Å². The van der Waals surface area contributed by atoms with Crippen LogP contribution in [0.5, 0.6) is 5.75 Å². The summed E-state index contributed by atoms with van der Waals surface area (Å²) in [5.41, 5.74) is 2.92. The summed E-state index contributed by atoms with van der Waals surface area (Å²) in [6.45, 7) is 0.518. The van der Waals surface area contributed by atoms with Crippen LogP contribution in [0.2, 0.25) is 0 Å². The van der Waals surface area contributed by atoms with Gasteiger partial charge in [0, 0.05) is 0 Å². The molecule has 0 bridgehead atoms. The highest BCUT2D eigenvalue weighted by molar-refractivity contribution is 8.02. The molecular weight excluding hydrogens is 366 g/mol. The number of halogens is 1. The summed E-state index contributed by atoms with van der Waals surface area (Å²) in [4.78, 5) is 8.95. The molecule has 0 amide bonds. The first-order valence-corrected chi connectivity index (χ1v) is 9.71. The number of ether oxygens (including phenoxy) is 1. The summed E-state index contributed by atoms with van der Waals surface area (Å²) in [5, 5.41) is 0.874. The molecular formula is C20H17ClN3OS+. The maximum atomic E-state index is 6.89.